The number of hydrogen-bond donors (Lipinski definition) is 2. The number of unbranched alkanes of at least 4 members (excludes halogenated alkanes) is 2. The fourth-order valence-electron chi connectivity index (χ4n) is 2.97. The van der Waals surface area contributed by atoms with Gasteiger partial charge in [0.05, 0.1) is 6.04 Å². The Bertz CT molecular complexity index is 264. The molecule has 118 valence electrons. The lowest BCUT2D eigenvalue weighted by molar-refractivity contribution is -0.127. The highest BCUT2D eigenvalue weighted by atomic mass is 16.2. The van der Waals surface area contributed by atoms with Crippen LogP contribution >= 0.6 is 0 Å². The van der Waals surface area contributed by atoms with Crippen LogP contribution in [0.4, 0.5) is 0 Å². The third-order valence-corrected chi connectivity index (χ3v) is 4.22. The van der Waals surface area contributed by atoms with E-state index >= 15 is 0 Å². The maximum atomic E-state index is 12.3. The van der Waals surface area contributed by atoms with E-state index in [-0.39, 0.29) is 11.9 Å². The van der Waals surface area contributed by atoms with Crippen molar-refractivity contribution < 1.29 is 4.79 Å². The van der Waals surface area contributed by atoms with Gasteiger partial charge >= 0.3 is 0 Å². The molecule has 4 heteroatoms. The Kier molecular flexibility index (Phi) is 8.86. The van der Waals surface area contributed by atoms with Crippen molar-refractivity contribution in [3.63, 3.8) is 0 Å². The normalized spacial score (nSPS) is 18.2. The summed E-state index contributed by atoms with van der Waals surface area (Å²) in [5.41, 5.74) is 0. The summed E-state index contributed by atoms with van der Waals surface area (Å²) in [4.78, 5) is 14.7. The maximum absolute atomic E-state index is 12.3. The second-order valence-electron chi connectivity index (χ2n) is 5.89. The zero-order chi connectivity index (χ0) is 14.8. The Morgan fingerprint density at radius 3 is 2.55 bits per heavy atom. The first-order chi connectivity index (χ1) is 9.70. The van der Waals surface area contributed by atoms with Crippen molar-refractivity contribution in [2.45, 2.75) is 71.4 Å². The molecule has 1 amide bonds. The summed E-state index contributed by atoms with van der Waals surface area (Å²) in [6, 6.07) is 0.562. The van der Waals surface area contributed by atoms with Gasteiger partial charge in [-0.1, -0.05) is 26.7 Å². The lowest BCUT2D eigenvalue weighted by Crippen LogP contribution is -2.52. The van der Waals surface area contributed by atoms with Crippen molar-refractivity contribution in [1.82, 2.24) is 15.5 Å². The molecule has 0 spiro atoms. The second-order valence-corrected chi connectivity index (χ2v) is 5.89. The van der Waals surface area contributed by atoms with Gasteiger partial charge in [-0.05, 0) is 52.2 Å². The van der Waals surface area contributed by atoms with Gasteiger partial charge in [-0.15, -0.1) is 0 Å². The van der Waals surface area contributed by atoms with Crippen molar-refractivity contribution in [2.24, 2.45) is 0 Å². The van der Waals surface area contributed by atoms with E-state index in [1.165, 1.54) is 12.8 Å². The van der Waals surface area contributed by atoms with Gasteiger partial charge in [-0.3, -0.25) is 9.69 Å². The van der Waals surface area contributed by atoms with Gasteiger partial charge in [0.2, 0.25) is 5.91 Å². The highest BCUT2D eigenvalue weighted by Gasteiger charge is 2.28. The average Bonchev–Trinajstić information content (AvgIpc) is 2.49. The fourth-order valence-corrected chi connectivity index (χ4v) is 2.97. The van der Waals surface area contributed by atoms with E-state index in [2.05, 4.69) is 36.3 Å². The molecule has 1 heterocycles. The molecule has 1 atom stereocenters. The molecule has 0 saturated carbocycles. The first-order valence-electron chi connectivity index (χ1n) is 8.44. The quantitative estimate of drug-likeness (QED) is 0.637. The number of nitrogens with one attached hydrogen (secondary N) is 2. The molecule has 0 aliphatic carbocycles. The molecule has 0 aromatic carbocycles. The van der Waals surface area contributed by atoms with Crippen LogP contribution in [0.15, 0.2) is 0 Å². The van der Waals surface area contributed by atoms with Crippen molar-refractivity contribution in [3.05, 3.63) is 0 Å². The van der Waals surface area contributed by atoms with Gasteiger partial charge in [-0.2, -0.15) is 0 Å². The van der Waals surface area contributed by atoms with E-state index in [1.807, 2.05) is 0 Å². The van der Waals surface area contributed by atoms with Crippen molar-refractivity contribution >= 4 is 5.91 Å². The molecular formula is C16H33N3O. The maximum Gasteiger partial charge on any atom is 0.237 e. The minimum Gasteiger partial charge on any atom is -0.355 e. The molecule has 1 aliphatic heterocycles. The summed E-state index contributed by atoms with van der Waals surface area (Å²) < 4.78 is 0. The minimum atomic E-state index is -0.000300. The number of amides is 1. The van der Waals surface area contributed by atoms with Crippen LogP contribution in [0.2, 0.25) is 0 Å². The van der Waals surface area contributed by atoms with Gasteiger partial charge in [0, 0.05) is 12.6 Å². The third kappa shape index (κ3) is 5.80. The molecule has 1 rings (SSSR count). The molecule has 1 unspecified atom stereocenters. The Morgan fingerprint density at radius 2 is 1.95 bits per heavy atom. The van der Waals surface area contributed by atoms with Crippen LogP contribution in [-0.2, 0) is 4.79 Å². The monoisotopic (exact) mass is 283 g/mol. The van der Waals surface area contributed by atoms with Crippen molar-refractivity contribution in [3.8, 4) is 0 Å². The summed E-state index contributed by atoms with van der Waals surface area (Å²) in [5.74, 6) is 0.202. The molecule has 1 aliphatic rings. The van der Waals surface area contributed by atoms with E-state index < -0.39 is 0 Å². The fraction of sp³-hybridized carbons (Fsp3) is 0.938. The minimum absolute atomic E-state index is 0.000300. The van der Waals surface area contributed by atoms with Gasteiger partial charge in [-0.25, -0.2) is 0 Å². The summed E-state index contributed by atoms with van der Waals surface area (Å²) in [6.45, 7) is 10.4. The van der Waals surface area contributed by atoms with Gasteiger partial charge < -0.3 is 10.6 Å². The zero-order valence-electron chi connectivity index (χ0n) is 13.6. The van der Waals surface area contributed by atoms with Crippen LogP contribution in [0.25, 0.3) is 0 Å². The zero-order valence-corrected chi connectivity index (χ0v) is 13.6. The topological polar surface area (TPSA) is 44.4 Å². The van der Waals surface area contributed by atoms with E-state index in [0.29, 0.717) is 6.04 Å². The van der Waals surface area contributed by atoms with E-state index in [9.17, 15) is 4.79 Å². The number of carbonyl (C=O) groups excluding carboxylic acids is 1. The molecule has 20 heavy (non-hydrogen) atoms. The molecule has 1 fully saturated rings. The summed E-state index contributed by atoms with van der Waals surface area (Å²) in [7, 11) is 0. The van der Waals surface area contributed by atoms with Crippen LogP contribution in [-0.4, -0.2) is 49.1 Å². The average molecular weight is 283 g/mol. The standard InChI is InChI=1S/C16H33N3O/c1-4-6-7-10-18-16(20)14(3)19(13-5-2)15-8-11-17-12-9-15/h14-15,17H,4-13H2,1-3H3,(H,18,20). The summed E-state index contributed by atoms with van der Waals surface area (Å²) >= 11 is 0. The van der Waals surface area contributed by atoms with Gasteiger partial charge in [0.15, 0.2) is 0 Å². The number of rotatable bonds is 9. The molecule has 0 aromatic rings. The molecule has 0 radical (unpaired) electrons. The van der Waals surface area contributed by atoms with Crippen LogP contribution in [0.1, 0.15) is 59.3 Å². The highest BCUT2D eigenvalue weighted by Crippen LogP contribution is 2.16. The molecule has 0 bridgehead atoms. The lowest BCUT2D eigenvalue weighted by Gasteiger charge is -2.38. The van der Waals surface area contributed by atoms with E-state index in [0.717, 1.165) is 51.9 Å². The van der Waals surface area contributed by atoms with Crippen LogP contribution in [0, 0.1) is 0 Å². The van der Waals surface area contributed by atoms with Gasteiger partial charge in [0.25, 0.3) is 0 Å². The highest BCUT2D eigenvalue weighted by molar-refractivity contribution is 5.81. The first kappa shape index (κ1) is 17.4. The van der Waals surface area contributed by atoms with Crippen LogP contribution in [0.3, 0.4) is 0 Å². The summed E-state index contributed by atoms with van der Waals surface area (Å²) in [5, 5.41) is 6.50. The van der Waals surface area contributed by atoms with E-state index in [1.54, 1.807) is 0 Å². The SMILES string of the molecule is CCCCCNC(=O)C(C)N(CCC)C1CCNCC1. The summed E-state index contributed by atoms with van der Waals surface area (Å²) in [6.07, 6.45) is 6.92. The van der Waals surface area contributed by atoms with Gasteiger partial charge in [0.1, 0.15) is 0 Å². The van der Waals surface area contributed by atoms with Crippen molar-refractivity contribution in [2.75, 3.05) is 26.2 Å². The second kappa shape index (κ2) is 10.2. The van der Waals surface area contributed by atoms with Crippen LogP contribution in [0.5, 0.6) is 0 Å². The largest absolute Gasteiger partial charge is 0.355 e. The first-order valence-corrected chi connectivity index (χ1v) is 8.44. The number of carbonyl (C=O) groups is 1. The van der Waals surface area contributed by atoms with E-state index in [4.69, 9.17) is 0 Å². The Labute approximate surface area is 124 Å². The molecule has 0 aromatic heterocycles. The Morgan fingerprint density at radius 1 is 1.25 bits per heavy atom. The predicted molar refractivity (Wildman–Crippen MR) is 84.9 cm³/mol. The molecular weight excluding hydrogens is 250 g/mol. The third-order valence-electron chi connectivity index (χ3n) is 4.22. The number of hydrogen-bond acceptors (Lipinski definition) is 3. The number of piperidine rings is 1. The molecule has 2 N–H and O–H groups in total. The lowest BCUT2D eigenvalue weighted by atomic mass is 10.0. The molecule has 1 saturated heterocycles. The smallest absolute Gasteiger partial charge is 0.237 e. The van der Waals surface area contributed by atoms with Crippen molar-refractivity contribution in [1.29, 1.82) is 0 Å². The molecule has 4 nitrogen and oxygen atoms in total. The Balaban J connectivity index is 2.44. The predicted octanol–water partition coefficient (Wildman–Crippen LogP) is 2.15. The van der Waals surface area contributed by atoms with Crippen LogP contribution < -0.4 is 10.6 Å². The Hall–Kier alpha value is -0.610. The number of nitrogens with zero attached hydrogens (tertiary/aromatic N) is 1.